The lowest BCUT2D eigenvalue weighted by Gasteiger charge is -2.31. The van der Waals surface area contributed by atoms with Gasteiger partial charge in [-0.3, -0.25) is 0 Å². The van der Waals surface area contributed by atoms with E-state index in [-0.39, 0.29) is 0 Å². The molecule has 1 nitrogen and oxygen atoms in total. The lowest BCUT2D eigenvalue weighted by atomic mass is 9.77. The van der Waals surface area contributed by atoms with Gasteiger partial charge >= 0.3 is 0 Å². The SMILES string of the molecule is CCNC(CC(C)C(C)(C)C)c1cccc(CC(C)C)c1. The molecule has 0 bridgehead atoms. The summed E-state index contributed by atoms with van der Waals surface area (Å²) in [5.41, 5.74) is 3.28. The Morgan fingerprint density at radius 2 is 1.76 bits per heavy atom. The Kier molecular flexibility index (Phi) is 6.93. The normalized spacial score (nSPS) is 15.2. The Hall–Kier alpha value is -0.820. The van der Waals surface area contributed by atoms with Crippen LogP contribution in [0.2, 0.25) is 0 Å². The molecule has 0 aliphatic carbocycles. The van der Waals surface area contributed by atoms with Gasteiger partial charge < -0.3 is 5.32 Å². The van der Waals surface area contributed by atoms with Crippen molar-refractivity contribution in [3.63, 3.8) is 0 Å². The molecule has 1 aromatic rings. The number of nitrogens with one attached hydrogen (secondary N) is 1. The Balaban J connectivity index is 2.89. The Bertz CT molecular complexity index is 414. The zero-order valence-corrected chi connectivity index (χ0v) is 15.2. The second-order valence-corrected chi connectivity index (χ2v) is 7.96. The minimum Gasteiger partial charge on any atom is -0.310 e. The Morgan fingerprint density at radius 3 is 2.29 bits per heavy atom. The molecule has 0 radical (unpaired) electrons. The van der Waals surface area contributed by atoms with Crippen molar-refractivity contribution in [1.29, 1.82) is 0 Å². The summed E-state index contributed by atoms with van der Waals surface area (Å²) in [5.74, 6) is 1.40. The van der Waals surface area contributed by atoms with Gasteiger partial charge in [0.15, 0.2) is 0 Å². The highest BCUT2D eigenvalue weighted by atomic mass is 14.9. The quantitative estimate of drug-likeness (QED) is 0.688. The van der Waals surface area contributed by atoms with Gasteiger partial charge in [0.2, 0.25) is 0 Å². The molecule has 0 heterocycles. The second-order valence-electron chi connectivity index (χ2n) is 7.96. The van der Waals surface area contributed by atoms with E-state index in [1.165, 1.54) is 24.0 Å². The number of hydrogen-bond donors (Lipinski definition) is 1. The monoisotopic (exact) mass is 289 g/mol. The molecule has 0 aliphatic rings. The van der Waals surface area contributed by atoms with Gasteiger partial charge in [0, 0.05) is 6.04 Å². The Morgan fingerprint density at radius 1 is 1.10 bits per heavy atom. The maximum absolute atomic E-state index is 3.68. The molecule has 2 unspecified atom stereocenters. The van der Waals surface area contributed by atoms with E-state index in [1.807, 2.05) is 0 Å². The van der Waals surface area contributed by atoms with Crippen LogP contribution in [0.15, 0.2) is 24.3 Å². The first-order valence-corrected chi connectivity index (χ1v) is 8.56. The summed E-state index contributed by atoms with van der Waals surface area (Å²) in [4.78, 5) is 0. The number of benzene rings is 1. The molecule has 0 saturated heterocycles. The van der Waals surface area contributed by atoms with Gasteiger partial charge in [0.25, 0.3) is 0 Å². The highest BCUT2D eigenvalue weighted by molar-refractivity contribution is 5.26. The van der Waals surface area contributed by atoms with Crippen LogP contribution in [0.4, 0.5) is 0 Å². The van der Waals surface area contributed by atoms with Crippen LogP contribution in [0.25, 0.3) is 0 Å². The molecule has 0 saturated carbocycles. The summed E-state index contributed by atoms with van der Waals surface area (Å²) in [5, 5.41) is 3.68. The van der Waals surface area contributed by atoms with Crippen LogP contribution in [0, 0.1) is 17.3 Å². The van der Waals surface area contributed by atoms with Gasteiger partial charge in [0.05, 0.1) is 0 Å². The van der Waals surface area contributed by atoms with Crippen molar-refractivity contribution in [2.24, 2.45) is 17.3 Å². The first-order chi connectivity index (χ1) is 9.74. The zero-order valence-electron chi connectivity index (χ0n) is 15.2. The molecule has 0 aromatic heterocycles. The highest BCUT2D eigenvalue weighted by Crippen LogP contribution is 2.33. The van der Waals surface area contributed by atoms with E-state index in [2.05, 4.69) is 78.0 Å². The van der Waals surface area contributed by atoms with Gasteiger partial charge in [-0.05, 0) is 47.8 Å². The zero-order chi connectivity index (χ0) is 16.0. The summed E-state index contributed by atoms with van der Waals surface area (Å²) in [7, 11) is 0. The van der Waals surface area contributed by atoms with E-state index in [4.69, 9.17) is 0 Å². The van der Waals surface area contributed by atoms with Gasteiger partial charge in [-0.25, -0.2) is 0 Å². The average Bonchev–Trinajstić information content (AvgIpc) is 2.36. The fourth-order valence-corrected chi connectivity index (χ4v) is 2.70. The van der Waals surface area contributed by atoms with Crippen LogP contribution < -0.4 is 5.32 Å². The van der Waals surface area contributed by atoms with E-state index in [0.29, 0.717) is 23.3 Å². The summed E-state index contributed by atoms with van der Waals surface area (Å²) >= 11 is 0. The van der Waals surface area contributed by atoms with Gasteiger partial charge in [-0.15, -0.1) is 0 Å². The summed E-state index contributed by atoms with van der Waals surface area (Å²) in [6.07, 6.45) is 2.37. The van der Waals surface area contributed by atoms with Crippen LogP contribution in [0.3, 0.4) is 0 Å². The topological polar surface area (TPSA) is 12.0 Å². The molecule has 1 rings (SSSR count). The predicted octanol–water partition coefficient (Wildman–Crippen LogP) is 5.61. The molecule has 1 aromatic carbocycles. The van der Waals surface area contributed by atoms with E-state index in [1.54, 1.807) is 0 Å². The molecule has 120 valence electrons. The molecule has 0 aliphatic heterocycles. The third-order valence-electron chi connectivity index (χ3n) is 4.52. The minimum atomic E-state index is 0.364. The standard InChI is InChI=1S/C20H35N/c1-8-21-19(13-16(4)20(5,6)7)18-11-9-10-17(14-18)12-15(2)3/h9-11,14-16,19,21H,8,12-13H2,1-7H3. The van der Waals surface area contributed by atoms with Crippen molar-refractivity contribution in [3.8, 4) is 0 Å². The first kappa shape index (κ1) is 18.2. The lowest BCUT2D eigenvalue weighted by Crippen LogP contribution is -2.27. The maximum atomic E-state index is 3.68. The smallest absolute Gasteiger partial charge is 0.0322 e. The molecule has 1 heteroatoms. The highest BCUT2D eigenvalue weighted by Gasteiger charge is 2.24. The van der Waals surface area contributed by atoms with Crippen LogP contribution in [0.5, 0.6) is 0 Å². The van der Waals surface area contributed by atoms with Crippen LogP contribution in [0.1, 0.15) is 72.1 Å². The van der Waals surface area contributed by atoms with Crippen molar-refractivity contribution in [3.05, 3.63) is 35.4 Å². The van der Waals surface area contributed by atoms with Crippen molar-refractivity contribution >= 4 is 0 Å². The molecular weight excluding hydrogens is 254 g/mol. The molecule has 0 amide bonds. The Labute approximate surface area is 132 Å². The second kappa shape index (κ2) is 7.98. The molecule has 21 heavy (non-hydrogen) atoms. The van der Waals surface area contributed by atoms with E-state index in [0.717, 1.165) is 6.54 Å². The number of hydrogen-bond acceptors (Lipinski definition) is 1. The van der Waals surface area contributed by atoms with Crippen molar-refractivity contribution in [2.75, 3.05) is 6.54 Å². The van der Waals surface area contributed by atoms with E-state index < -0.39 is 0 Å². The molecule has 1 N–H and O–H groups in total. The van der Waals surface area contributed by atoms with Crippen LogP contribution >= 0.6 is 0 Å². The minimum absolute atomic E-state index is 0.364. The molecule has 0 fully saturated rings. The fourth-order valence-electron chi connectivity index (χ4n) is 2.70. The van der Waals surface area contributed by atoms with Crippen LogP contribution in [-0.2, 0) is 6.42 Å². The van der Waals surface area contributed by atoms with Gasteiger partial charge in [0.1, 0.15) is 0 Å². The van der Waals surface area contributed by atoms with Crippen LogP contribution in [-0.4, -0.2) is 6.54 Å². The third kappa shape index (κ3) is 6.22. The van der Waals surface area contributed by atoms with Crippen molar-refractivity contribution in [1.82, 2.24) is 5.32 Å². The van der Waals surface area contributed by atoms with E-state index in [9.17, 15) is 0 Å². The third-order valence-corrected chi connectivity index (χ3v) is 4.52. The number of rotatable bonds is 7. The van der Waals surface area contributed by atoms with Gasteiger partial charge in [-0.2, -0.15) is 0 Å². The fraction of sp³-hybridized carbons (Fsp3) is 0.700. The molecular formula is C20H35N. The lowest BCUT2D eigenvalue weighted by molar-refractivity contribution is 0.224. The summed E-state index contributed by atoms with van der Waals surface area (Å²) < 4.78 is 0. The maximum Gasteiger partial charge on any atom is 0.0322 e. The average molecular weight is 290 g/mol. The summed E-state index contributed by atoms with van der Waals surface area (Å²) in [6, 6.07) is 9.64. The molecule has 2 atom stereocenters. The van der Waals surface area contributed by atoms with E-state index >= 15 is 0 Å². The van der Waals surface area contributed by atoms with Gasteiger partial charge in [-0.1, -0.05) is 72.7 Å². The largest absolute Gasteiger partial charge is 0.310 e. The first-order valence-electron chi connectivity index (χ1n) is 8.56. The van der Waals surface area contributed by atoms with Crippen molar-refractivity contribution < 1.29 is 0 Å². The molecule has 0 spiro atoms. The predicted molar refractivity (Wildman–Crippen MR) is 94.6 cm³/mol. The summed E-state index contributed by atoms with van der Waals surface area (Å²) in [6.45, 7) is 17.2. The van der Waals surface area contributed by atoms with Crippen molar-refractivity contribution in [2.45, 2.75) is 67.3 Å².